The average Bonchev–Trinajstić information content (AvgIpc) is 2.30. The van der Waals surface area contributed by atoms with E-state index in [2.05, 4.69) is 27.7 Å². The SMILES string of the molecule is CC.CC(C)CCC1CCC(O)C(C(C)C)C1. The highest BCUT2D eigenvalue weighted by molar-refractivity contribution is 4.81. The predicted molar refractivity (Wildman–Crippen MR) is 77.1 cm³/mol. The zero-order chi connectivity index (χ0) is 13.4. The number of aliphatic hydroxyl groups excluding tert-OH is 1. The lowest BCUT2D eigenvalue weighted by atomic mass is 9.72. The van der Waals surface area contributed by atoms with E-state index in [0.717, 1.165) is 18.3 Å². The molecule has 0 aromatic heterocycles. The highest BCUT2D eigenvalue weighted by Crippen LogP contribution is 2.36. The fourth-order valence-electron chi connectivity index (χ4n) is 2.83. The molecule has 0 aromatic carbocycles. The number of rotatable bonds is 4. The van der Waals surface area contributed by atoms with Crippen molar-refractivity contribution >= 4 is 0 Å². The van der Waals surface area contributed by atoms with Gasteiger partial charge in [-0.25, -0.2) is 0 Å². The van der Waals surface area contributed by atoms with E-state index in [-0.39, 0.29) is 6.10 Å². The van der Waals surface area contributed by atoms with Gasteiger partial charge in [-0.15, -0.1) is 0 Å². The van der Waals surface area contributed by atoms with Crippen LogP contribution in [0, 0.1) is 23.7 Å². The molecule has 0 radical (unpaired) electrons. The van der Waals surface area contributed by atoms with E-state index in [1.165, 1.54) is 25.7 Å². The van der Waals surface area contributed by atoms with Crippen molar-refractivity contribution in [3.8, 4) is 0 Å². The van der Waals surface area contributed by atoms with Crippen LogP contribution in [0.2, 0.25) is 0 Å². The molecular weight excluding hydrogens is 208 g/mol. The van der Waals surface area contributed by atoms with Crippen LogP contribution in [0.1, 0.15) is 73.6 Å². The third-order valence-corrected chi connectivity index (χ3v) is 3.98. The van der Waals surface area contributed by atoms with E-state index in [0.29, 0.717) is 11.8 Å². The van der Waals surface area contributed by atoms with Gasteiger partial charge in [-0.2, -0.15) is 0 Å². The first kappa shape index (κ1) is 17.0. The fraction of sp³-hybridized carbons (Fsp3) is 1.00. The van der Waals surface area contributed by atoms with Crippen LogP contribution in [-0.4, -0.2) is 11.2 Å². The van der Waals surface area contributed by atoms with Gasteiger partial charge in [-0.3, -0.25) is 0 Å². The first-order valence-corrected chi connectivity index (χ1v) is 7.68. The maximum Gasteiger partial charge on any atom is 0.0571 e. The minimum Gasteiger partial charge on any atom is -0.393 e. The highest BCUT2D eigenvalue weighted by Gasteiger charge is 2.30. The van der Waals surface area contributed by atoms with Crippen molar-refractivity contribution in [2.24, 2.45) is 23.7 Å². The van der Waals surface area contributed by atoms with Crippen molar-refractivity contribution in [2.75, 3.05) is 0 Å². The van der Waals surface area contributed by atoms with Gasteiger partial charge < -0.3 is 5.11 Å². The van der Waals surface area contributed by atoms with E-state index in [1.807, 2.05) is 13.8 Å². The van der Waals surface area contributed by atoms with Gasteiger partial charge in [0.1, 0.15) is 0 Å². The lowest BCUT2D eigenvalue weighted by Gasteiger charge is -2.36. The zero-order valence-electron chi connectivity index (χ0n) is 12.9. The summed E-state index contributed by atoms with van der Waals surface area (Å²) >= 11 is 0. The van der Waals surface area contributed by atoms with Gasteiger partial charge >= 0.3 is 0 Å². The molecule has 3 unspecified atom stereocenters. The fourth-order valence-corrected chi connectivity index (χ4v) is 2.83. The first-order valence-electron chi connectivity index (χ1n) is 7.68. The number of aliphatic hydroxyl groups is 1. The number of hydrogen-bond donors (Lipinski definition) is 1. The van der Waals surface area contributed by atoms with E-state index in [9.17, 15) is 5.11 Å². The molecule has 1 heteroatoms. The molecule has 1 rings (SSSR count). The quantitative estimate of drug-likeness (QED) is 0.745. The summed E-state index contributed by atoms with van der Waals surface area (Å²) in [5.41, 5.74) is 0. The average molecular weight is 242 g/mol. The molecule has 0 saturated heterocycles. The lowest BCUT2D eigenvalue weighted by Crippen LogP contribution is -2.32. The molecule has 1 nitrogen and oxygen atoms in total. The summed E-state index contributed by atoms with van der Waals surface area (Å²) in [6, 6.07) is 0. The molecule has 0 aliphatic heterocycles. The van der Waals surface area contributed by atoms with Crippen molar-refractivity contribution in [1.82, 2.24) is 0 Å². The van der Waals surface area contributed by atoms with Crippen LogP contribution < -0.4 is 0 Å². The van der Waals surface area contributed by atoms with Crippen LogP contribution in [-0.2, 0) is 0 Å². The summed E-state index contributed by atoms with van der Waals surface area (Å²) in [6.07, 6.45) is 6.23. The van der Waals surface area contributed by atoms with Gasteiger partial charge in [0.15, 0.2) is 0 Å². The standard InChI is InChI=1S/C14H28O.C2H6/c1-10(2)5-6-12-7-8-14(15)13(9-12)11(3)4;1-2/h10-15H,5-9H2,1-4H3;1-2H3. The van der Waals surface area contributed by atoms with E-state index < -0.39 is 0 Å². The second-order valence-electron chi connectivity index (χ2n) is 6.13. The first-order chi connectivity index (χ1) is 8.00. The Balaban J connectivity index is 0.00000121. The molecule has 1 N–H and O–H groups in total. The lowest BCUT2D eigenvalue weighted by molar-refractivity contribution is 0.0223. The summed E-state index contributed by atoms with van der Waals surface area (Å²) < 4.78 is 0. The molecular formula is C16H34O. The van der Waals surface area contributed by atoms with Crippen LogP contribution >= 0.6 is 0 Å². The maximum absolute atomic E-state index is 9.93. The third-order valence-electron chi connectivity index (χ3n) is 3.98. The second-order valence-corrected chi connectivity index (χ2v) is 6.13. The van der Waals surface area contributed by atoms with Crippen molar-refractivity contribution in [3.05, 3.63) is 0 Å². The number of hydrogen-bond acceptors (Lipinski definition) is 1. The molecule has 0 heterocycles. The van der Waals surface area contributed by atoms with Crippen molar-refractivity contribution in [2.45, 2.75) is 79.8 Å². The zero-order valence-corrected chi connectivity index (χ0v) is 12.9. The molecule has 0 amide bonds. The van der Waals surface area contributed by atoms with Crippen LogP contribution in [0.3, 0.4) is 0 Å². The van der Waals surface area contributed by atoms with Crippen LogP contribution in [0.25, 0.3) is 0 Å². The normalized spacial score (nSPS) is 29.1. The predicted octanol–water partition coefficient (Wildman–Crippen LogP) is 4.88. The molecule has 0 spiro atoms. The summed E-state index contributed by atoms with van der Waals surface area (Å²) in [4.78, 5) is 0. The third kappa shape index (κ3) is 6.45. The van der Waals surface area contributed by atoms with E-state index in [4.69, 9.17) is 0 Å². The van der Waals surface area contributed by atoms with Gasteiger partial charge in [0.25, 0.3) is 0 Å². The Kier molecular flexibility index (Phi) is 8.94. The Morgan fingerprint density at radius 2 is 1.65 bits per heavy atom. The summed E-state index contributed by atoms with van der Waals surface area (Å²) in [5.74, 6) is 2.90. The van der Waals surface area contributed by atoms with Crippen molar-refractivity contribution < 1.29 is 5.11 Å². The van der Waals surface area contributed by atoms with Gasteiger partial charge in [-0.1, -0.05) is 54.4 Å². The van der Waals surface area contributed by atoms with Gasteiger partial charge in [0, 0.05) is 0 Å². The van der Waals surface area contributed by atoms with Crippen LogP contribution in [0.15, 0.2) is 0 Å². The molecule has 0 bridgehead atoms. The Hall–Kier alpha value is -0.0400. The Morgan fingerprint density at radius 1 is 1.06 bits per heavy atom. The molecule has 104 valence electrons. The van der Waals surface area contributed by atoms with E-state index in [1.54, 1.807) is 0 Å². The molecule has 3 atom stereocenters. The van der Waals surface area contributed by atoms with Gasteiger partial charge in [-0.05, 0) is 42.9 Å². The minimum atomic E-state index is -0.0275. The largest absolute Gasteiger partial charge is 0.393 e. The minimum absolute atomic E-state index is 0.0275. The highest BCUT2D eigenvalue weighted by atomic mass is 16.3. The Labute approximate surface area is 109 Å². The molecule has 1 fully saturated rings. The summed E-state index contributed by atoms with van der Waals surface area (Å²) in [5, 5.41) is 9.93. The van der Waals surface area contributed by atoms with Crippen LogP contribution in [0.4, 0.5) is 0 Å². The molecule has 1 aliphatic rings. The Morgan fingerprint density at radius 3 is 2.12 bits per heavy atom. The van der Waals surface area contributed by atoms with Crippen molar-refractivity contribution in [3.63, 3.8) is 0 Å². The second kappa shape index (κ2) is 8.97. The van der Waals surface area contributed by atoms with Gasteiger partial charge in [0.05, 0.1) is 6.10 Å². The topological polar surface area (TPSA) is 20.2 Å². The summed E-state index contributed by atoms with van der Waals surface area (Å²) in [7, 11) is 0. The smallest absolute Gasteiger partial charge is 0.0571 e. The molecule has 1 aliphatic carbocycles. The van der Waals surface area contributed by atoms with E-state index >= 15 is 0 Å². The van der Waals surface area contributed by atoms with Crippen LogP contribution in [0.5, 0.6) is 0 Å². The molecule has 1 saturated carbocycles. The Bertz CT molecular complexity index is 174. The monoisotopic (exact) mass is 242 g/mol. The maximum atomic E-state index is 9.93. The van der Waals surface area contributed by atoms with Gasteiger partial charge in [0.2, 0.25) is 0 Å². The van der Waals surface area contributed by atoms with Crippen molar-refractivity contribution in [1.29, 1.82) is 0 Å². The molecule has 17 heavy (non-hydrogen) atoms. The molecule has 0 aromatic rings. The summed E-state index contributed by atoms with van der Waals surface area (Å²) in [6.45, 7) is 13.1.